The van der Waals surface area contributed by atoms with Crippen LogP contribution >= 0.6 is 11.7 Å². The van der Waals surface area contributed by atoms with Gasteiger partial charge >= 0.3 is 0 Å². The van der Waals surface area contributed by atoms with Gasteiger partial charge in [0.1, 0.15) is 15.9 Å². The highest BCUT2D eigenvalue weighted by Gasteiger charge is 2.19. The first-order valence-corrected chi connectivity index (χ1v) is 7.52. The number of fused-ring (bicyclic) bond motifs is 1. The number of sulfonamides is 1. The van der Waals surface area contributed by atoms with Gasteiger partial charge in [-0.25, -0.2) is 8.42 Å². The Balaban J connectivity index is 2.08. The third-order valence-electron chi connectivity index (χ3n) is 2.47. The zero-order valence-corrected chi connectivity index (χ0v) is 11.1. The van der Waals surface area contributed by atoms with E-state index >= 15 is 0 Å². The SMILES string of the molecule is O=S(=O)(Nc1ccncc1)c1cccc2nsnc12. The molecule has 3 aromatic rings. The second-order valence-corrected chi connectivity index (χ2v) is 5.91. The predicted octanol–water partition coefficient (Wildman–Crippen LogP) is 1.89. The molecular weight excluding hydrogens is 284 g/mol. The predicted molar refractivity (Wildman–Crippen MR) is 72.5 cm³/mol. The van der Waals surface area contributed by atoms with Crippen LogP contribution in [0.4, 0.5) is 5.69 Å². The van der Waals surface area contributed by atoms with Gasteiger partial charge in [-0.2, -0.15) is 8.75 Å². The van der Waals surface area contributed by atoms with Gasteiger partial charge in [0.2, 0.25) is 0 Å². The molecule has 0 aliphatic heterocycles. The van der Waals surface area contributed by atoms with Crippen LogP contribution in [0, 0.1) is 0 Å². The topological polar surface area (TPSA) is 84.8 Å². The van der Waals surface area contributed by atoms with Gasteiger partial charge in [0.15, 0.2) is 0 Å². The Morgan fingerprint density at radius 1 is 1.05 bits per heavy atom. The zero-order chi connectivity index (χ0) is 13.3. The van der Waals surface area contributed by atoms with E-state index in [0.29, 0.717) is 16.7 Å². The van der Waals surface area contributed by atoms with Crippen molar-refractivity contribution in [3.8, 4) is 0 Å². The first-order valence-electron chi connectivity index (χ1n) is 5.31. The van der Waals surface area contributed by atoms with Gasteiger partial charge in [0.25, 0.3) is 10.0 Å². The molecule has 0 amide bonds. The van der Waals surface area contributed by atoms with E-state index in [9.17, 15) is 8.42 Å². The van der Waals surface area contributed by atoms with Crippen LogP contribution in [0.15, 0.2) is 47.6 Å². The molecule has 2 heterocycles. The fraction of sp³-hybridized carbons (Fsp3) is 0. The van der Waals surface area contributed by atoms with Gasteiger partial charge in [-0.05, 0) is 24.3 Å². The lowest BCUT2D eigenvalue weighted by molar-refractivity contribution is 0.602. The number of pyridine rings is 1. The van der Waals surface area contributed by atoms with Crippen molar-refractivity contribution < 1.29 is 8.42 Å². The number of hydrogen-bond donors (Lipinski definition) is 1. The normalized spacial score (nSPS) is 11.6. The monoisotopic (exact) mass is 292 g/mol. The summed E-state index contributed by atoms with van der Waals surface area (Å²) in [5.41, 5.74) is 1.41. The zero-order valence-electron chi connectivity index (χ0n) is 9.52. The molecule has 0 atom stereocenters. The largest absolute Gasteiger partial charge is 0.279 e. The van der Waals surface area contributed by atoms with Crippen molar-refractivity contribution in [3.05, 3.63) is 42.7 Å². The van der Waals surface area contributed by atoms with Gasteiger partial charge in [0, 0.05) is 12.4 Å². The van der Waals surface area contributed by atoms with Crippen LogP contribution < -0.4 is 4.72 Å². The van der Waals surface area contributed by atoms with Crippen LogP contribution in [-0.2, 0) is 10.0 Å². The number of nitrogens with one attached hydrogen (secondary N) is 1. The third-order valence-corrected chi connectivity index (χ3v) is 4.43. The molecule has 0 saturated carbocycles. The van der Waals surface area contributed by atoms with Crippen molar-refractivity contribution in [1.82, 2.24) is 13.7 Å². The van der Waals surface area contributed by atoms with Crippen molar-refractivity contribution in [1.29, 1.82) is 0 Å². The van der Waals surface area contributed by atoms with Crippen LogP contribution in [-0.4, -0.2) is 22.1 Å². The number of benzene rings is 1. The fourth-order valence-corrected chi connectivity index (χ4v) is 3.45. The Labute approximate surface area is 113 Å². The maximum atomic E-state index is 12.3. The molecular formula is C11H8N4O2S2. The first kappa shape index (κ1) is 12.0. The van der Waals surface area contributed by atoms with E-state index in [-0.39, 0.29) is 4.90 Å². The summed E-state index contributed by atoms with van der Waals surface area (Å²) in [6.45, 7) is 0. The molecule has 1 aromatic carbocycles. The van der Waals surface area contributed by atoms with Crippen molar-refractivity contribution in [2.45, 2.75) is 4.90 Å². The van der Waals surface area contributed by atoms with Gasteiger partial charge < -0.3 is 0 Å². The molecule has 0 radical (unpaired) electrons. The summed E-state index contributed by atoms with van der Waals surface area (Å²) >= 11 is 0.987. The highest BCUT2D eigenvalue weighted by molar-refractivity contribution is 7.93. The Bertz CT molecular complexity index is 815. The Hall–Kier alpha value is -2.06. The summed E-state index contributed by atoms with van der Waals surface area (Å²) in [4.78, 5) is 3.96. The standard InChI is InChI=1S/C11H8N4O2S2/c16-19(17,15-8-4-6-12-7-5-8)10-3-1-2-9-11(10)14-18-13-9/h1-7H,(H,12,15). The van der Waals surface area contributed by atoms with E-state index in [1.165, 1.54) is 18.5 Å². The number of nitrogens with zero attached hydrogens (tertiary/aromatic N) is 3. The molecule has 0 aliphatic carbocycles. The van der Waals surface area contributed by atoms with E-state index in [1.807, 2.05) is 0 Å². The summed E-state index contributed by atoms with van der Waals surface area (Å²) in [6, 6.07) is 8.04. The highest BCUT2D eigenvalue weighted by atomic mass is 32.2. The lowest BCUT2D eigenvalue weighted by atomic mass is 10.3. The molecule has 0 unspecified atom stereocenters. The van der Waals surface area contributed by atoms with Gasteiger partial charge in [-0.15, -0.1) is 0 Å². The average molecular weight is 292 g/mol. The summed E-state index contributed by atoms with van der Waals surface area (Å²) in [5.74, 6) is 0. The minimum atomic E-state index is -3.68. The van der Waals surface area contributed by atoms with Gasteiger partial charge in [0.05, 0.1) is 17.4 Å². The quantitative estimate of drug-likeness (QED) is 0.796. The highest BCUT2D eigenvalue weighted by Crippen LogP contribution is 2.23. The summed E-state index contributed by atoms with van der Waals surface area (Å²) in [7, 11) is -3.68. The molecule has 6 nitrogen and oxygen atoms in total. The number of rotatable bonds is 3. The molecule has 2 aromatic heterocycles. The maximum Gasteiger partial charge on any atom is 0.264 e. The molecule has 0 saturated heterocycles. The van der Waals surface area contributed by atoms with Gasteiger partial charge in [-0.3, -0.25) is 9.71 Å². The van der Waals surface area contributed by atoms with E-state index < -0.39 is 10.0 Å². The van der Waals surface area contributed by atoms with Crippen LogP contribution in [0.25, 0.3) is 11.0 Å². The Morgan fingerprint density at radius 3 is 2.63 bits per heavy atom. The van der Waals surface area contributed by atoms with Crippen LogP contribution in [0.5, 0.6) is 0 Å². The van der Waals surface area contributed by atoms with Crippen LogP contribution in [0.3, 0.4) is 0 Å². The molecule has 0 spiro atoms. The number of hydrogen-bond acceptors (Lipinski definition) is 6. The molecule has 3 rings (SSSR count). The molecule has 0 fully saturated rings. The van der Waals surface area contributed by atoms with Crippen molar-refractivity contribution in [3.63, 3.8) is 0 Å². The average Bonchev–Trinajstić information content (AvgIpc) is 2.87. The lowest BCUT2D eigenvalue weighted by Crippen LogP contribution is -2.13. The molecule has 0 bridgehead atoms. The Kier molecular flexibility index (Phi) is 2.88. The lowest BCUT2D eigenvalue weighted by Gasteiger charge is -2.07. The van der Waals surface area contributed by atoms with Crippen molar-refractivity contribution in [2.24, 2.45) is 0 Å². The van der Waals surface area contributed by atoms with E-state index in [1.54, 1.807) is 24.3 Å². The van der Waals surface area contributed by atoms with Crippen molar-refractivity contribution >= 4 is 38.5 Å². The third kappa shape index (κ3) is 2.27. The van der Waals surface area contributed by atoms with Gasteiger partial charge in [-0.1, -0.05) is 6.07 Å². The summed E-state index contributed by atoms with van der Waals surface area (Å²) < 4.78 is 35.2. The number of aromatic nitrogens is 3. The minimum absolute atomic E-state index is 0.121. The molecule has 8 heteroatoms. The minimum Gasteiger partial charge on any atom is -0.279 e. The van der Waals surface area contributed by atoms with Crippen LogP contribution in [0.1, 0.15) is 0 Å². The van der Waals surface area contributed by atoms with E-state index in [4.69, 9.17) is 0 Å². The number of anilines is 1. The van der Waals surface area contributed by atoms with Crippen LogP contribution in [0.2, 0.25) is 0 Å². The Morgan fingerprint density at radius 2 is 1.84 bits per heavy atom. The smallest absolute Gasteiger partial charge is 0.264 e. The van der Waals surface area contributed by atoms with Crippen molar-refractivity contribution in [2.75, 3.05) is 4.72 Å². The summed E-state index contributed by atoms with van der Waals surface area (Å²) in [5, 5.41) is 0. The second-order valence-electron chi connectivity index (χ2n) is 3.73. The molecule has 19 heavy (non-hydrogen) atoms. The molecule has 1 N–H and O–H groups in total. The second kappa shape index (κ2) is 4.56. The molecule has 0 aliphatic rings. The molecule has 96 valence electrons. The first-order chi connectivity index (χ1) is 9.17. The van der Waals surface area contributed by atoms with E-state index in [2.05, 4.69) is 18.5 Å². The maximum absolute atomic E-state index is 12.3. The fourth-order valence-electron chi connectivity index (χ4n) is 1.63. The van der Waals surface area contributed by atoms with E-state index in [0.717, 1.165) is 11.7 Å². The summed E-state index contributed by atoms with van der Waals surface area (Å²) in [6.07, 6.45) is 3.03.